The molecule has 0 heterocycles. The summed E-state index contributed by atoms with van der Waals surface area (Å²) in [5, 5.41) is 0. The standard InChI is InChI=1S/C28H38F4O2/c1-2-3-4-5-21-6-8-22(9-7-21)10-11-23-12-14-24(15-13-23)28(31,32)34-26-18-16-25(17-19-26)33-20-27(29)30/h10-11,16-24H,2-9,12-15H2,1H3. The molecule has 0 bridgehead atoms. The Bertz CT molecular complexity index is 770. The van der Waals surface area contributed by atoms with Gasteiger partial charge in [-0.05, 0) is 93.4 Å². The zero-order chi connectivity index (χ0) is 24.4. The van der Waals surface area contributed by atoms with E-state index in [1.165, 1.54) is 75.6 Å². The molecule has 0 spiro atoms. The Morgan fingerprint density at radius 2 is 1.41 bits per heavy atom. The van der Waals surface area contributed by atoms with Gasteiger partial charge in [0, 0.05) is 0 Å². The highest BCUT2D eigenvalue weighted by Gasteiger charge is 2.43. The number of allylic oxidation sites excluding steroid dienone is 2. The molecular formula is C28H38F4O2. The average Bonchev–Trinajstić information content (AvgIpc) is 2.83. The molecule has 3 rings (SSSR count). The van der Waals surface area contributed by atoms with Crippen LogP contribution in [-0.4, -0.2) is 6.11 Å². The number of rotatable bonds is 11. The van der Waals surface area contributed by atoms with Gasteiger partial charge in [0.05, 0.1) is 5.92 Å². The highest BCUT2D eigenvalue weighted by atomic mass is 19.3. The Labute approximate surface area is 201 Å². The van der Waals surface area contributed by atoms with Crippen molar-refractivity contribution < 1.29 is 27.0 Å². The Morgan fingerprint density at radius 1 is 0.853 bits per heavy atom. The van der Waals surface area contributed by atoms with Crippen LogP contribution in [0.2, 0.25) is 0 Å². The van der Waals surface area contributed by atoms with E-state index in [1.54, 1.807) is 0 Å². The zero-order valence-electron chi connectivity index (χ0n) is 20.2. The molecule has 0 aromatic heterocycles. The number of unbranched alkanes of at least 4 members (excludes halogenated alkanes) is 2. The molecule has 0 unspecified atom stereocenters. The third-order valence-electron chi connectivity index (χ3n) is 7.37. The summed E-state index contributed by atoms with van der Waals surface area (Å²) in [5.74, 6) is 1.21. The van der Waals surface area contributed by atoms with Crippen molar-refractivity contribution in [2.24, 2.45) is 23.7 Å². The first-order valence-electron chi connectivity index (χ1n) is 12.9. The topological polar surface area (TPSA) is 18.5 Å². The average molecular weight is 483 g/mol. The quantitative estimate of drug-likeness (QED) is 0.135. The number of hydrogen-bond donors (Lipinski definition) is 0. The van der Waals surface area contributed by atoms with Crippen LogP contribution in [0.5, 0.6) is 11.5 Å². The molecule has 0 N–H and O–H groups in total. The first-order chi connectivity index (χ1) is 16.4. The summed E-state index contributed by atoms with van der Waals surface area (Å²) >= 11 is 0. The van der Waals surface area contributed by atoms with Crippen LogP contribution in [-0.2, 0) is 0 Å². The van der Waals surface area contributed by atoms with Crippen molar-refractivity contribution in [1.29, 1.82) is 0 Å². The monoisotopic (exact) mass is 482 g/mol. The van der Waals surface area contributed by atoms with Gasteiger partial charge in [-0.15, -0.1) is 0 Å². The second kappa shape index (κ2) is 13.2. The second-order valence-electron chi connectivity index (χ2n) is 9.93. The molecule has 1 aromatic rings. The second-order valence-corrected chi connectivity index (χ2v) is 9.93. The zero-order valence-corrected chi connectivity index (χ0v) is 20.2. The maximum absolute atomic E-state index is 14.7. The van der Waals surface area contributed by atoms with Crippen LogP contribution in [0.1, 0.15) is 84.0 Å². The minimum Gasteiger partial charge on any atom is -0.459 e. The lowest BCUT2D eigenvalue weighted by Crippen LogP contribution is -2.37. The number of halogens is 4. The predicted molar refractivity (Wildman–Crippen MR) is 127 cm³/mol. The molecule has 190 valence electrons. The summed E-state index contributed by atoms with van der Waals surface area (Å²) in [4.78, 5) is 0. The fraction of sp³-hybridized carbons (Fsp3) is 0.643. The van der Waals surface area contributed by atoms with Crippen molar-refractivity contribution in [1.82, 2.24) is 0 Å². The van der Waals surface area contributed by atoms with Gasteiger partial charge in [0.2, 0.25) is 0 Å². The van der Waals surface area contributed by atoms with E-state index in [1.807, 2.05) is 0 Å². The Balaban J connectivity index is 1.39. The predicted octanol–water partition coefficient (Wildman–Crippen LogP) is 9.52. The van der Waals surface area contributed by atoms with Gasteiger partial charge in [0.15, 0.2) is 6.26 Å². The van der Waals surface area contributed by atoms with E-state index in [2.05, 4.69) is 19.1 Å². The van der Waals surface area contributed by atoms with Crippen molar-refractivity contribution in [3.63, 3.8) is 0 Å². The van der Waals surface area contributed by atoms with Crippen LogP contribution >= 0.6 is 0 Å². The van der Waals surface area contributed by atoms with Gasteiger partial charge in [0.1, 0.15) is 11.5 Å². The third-order valence-corrected chi connectivity index (χ3v) is 7.37. The largest absolute Gasteiger partial charge is 0.459 e. The van der Waals surface area contributed by atoms with Gasteiger partial charge >= 0.3 is 12.2 Å². The maximum atomic E-state index is 14.7. The van der Waals surface area contributed by atoms with Crippen LogP contribution in [0.25, 0.3) is 0 Å². The fourth-order valence-corrected chi connectivity index (χ4v) is 5.25. The van der Waals surface area contributed by atoms with Crippen molar-refractivity contribution >= 4 is 0 Å². The van der Waals surface area contributed by atoms with Crippen LogP contribution in [0.3, 0.4) is 0 Å². The minimum atomic E-state index is -3.27. The number of benzene rings is 1. The van der Waals surface area contributed by atoms with E-state index in [0.717, 1.165) is 18.8 Å². The van der Waals surface area contributed by atoms with Crippen LogP contribution < -0.4 is 9.47 Å². The van der Waals surface area contributed by atoms with E-state index in [4.69, 9.17) is 9.47 Å². The van der Waals surface area contributed by atoms with Crippen molar-refractivity contribution in [3.8, 4) is 11.5 Å². The maximum Gasteiger partial charge on any atom is 0.400 e. The molecular weight excluding hydrogens is 444 g/mol. The smallest absolute Gasteiger partial charge is 0.400 e. The molecule has 2 saturated carbocycles. The van der Waals surface area contributed by atoms with E-state index >= 15 is 0 Å². The minimum absolute atomic E-state index is 0.00522. The van der Waals surface area contributed by atoms with E-state index in [9.17, 15) is 17.6 Å². The lowest BCUT2D eigenvalue weighted by molar-refractivity contribution is -0.223. The van der Waals surface area contributed by atoms with Crippen LogP contribution in [0.4, 0.5) is 17.6 Å². The number of ether oxygens (including phenoxy) is 2. The van der Waals surface area contributed by atoms with Gasteiger partial charge in [-0.25, -0.2) is 0 Å². The number of hydrogen-bond acceptors (Lipinski definition) is 2. The lowest BCUT2D eigenvalue weighted by Gasteiger charge is -2.32. The van der Waals surface area contributed by atoms with Gasteiger partial charge < -0.3 is 9.47 Å². The van der Waals surface area contributed by atoms with E-state index in [0.29, 0.717) is 30.9 Å². The molecule has 2 aliphatic rings. The summed E-state index contributed by atoms with van der Waals surface area (Å²) in [5.41, 5.74) is 0. The van der Waals surface area contributed by atoms with Crippen LogP contribution in [0, 0.1) is 23.7 Å². The van der Waals surface area contributed by atoms with Gasteiger partial charge in [0.25, 0.3) is 0 Å². The first kappa shape index (κ1) is 26.6. The molecule has 2 nitrogen and oxygen atoms in total. The summed E-state index contributed by atoms with van der Waals surface area (Å²) in [6, 6.07) is 5.26. The Kier molecular flexibility index (Phi) is 10.3. The first-order valence-corrected chi connectivity index (χ1v) is 12.9. The van der Waals surface area contributed by atoms with Crippen molar-refractivity contribution in [2.45, 2.75) is 90.1 Å². The molecule has 1 aromatic carbocycles. The molecule has 0 aliphatic heterocycles. The fourth-order valence-electron chi connectivity index (χ4n) is 5.25. The van der Waals surface area contributed by atoms with E-state index in [-0.39, 0.29) is 11.5 Å². The SMILES string of the molecule is CCCCCC1CCC(C=CC2CCC(C(F)(F)Oc3ccc(OC=C(F)F)cc3)CC2)CC1. The summed E-state index contributed by atoms with van der Waals surface area (Å²) in [6.45, 7) is 2.25. The van der Waals surface area contributed by atoms with Crippen LogP contribution in [0.15, 0.2) is 48.8 Å². The molecule has 0 radical (unpaired) electrons. The van der Waals surface area contributed by atoms with E-state index < -0.39 is 18.1 Å². The molecule has 34 heavy (non-hydrogen) atoms. The number of alkyl halides is 2. The summed E-state index contributed by atoms with van der Waals surface area (Å²) < 4.78 is 63.3. The van der Waals surface area contributed by atoms with Gasteiger partial charge in [-0.1, -0.05) is 44.8 Å². The third kappa shape index (κ3) is 8.66. The molecule has 6 heteroatoms. The molecule has 0 atom stereocenters. The molecule has 0 saturated heterocycles. The molecule has 2 fully saturated rings. The van der Waals surface area contributed by atoms with Crippen molar-refractivity contribution in [3.05, 3.63) is 48.8 Å². The van der Waals surface area contributed by atoms with Gasteiger partial charge in [-0.2, -0.15) is 17.6 Å². The lowest BCUT2D eigenvalue weighted by atomic mass is 9.78. The Morgan fingerprint density at radius 3 is 1.97 bits per heavy atom. The summed E-state index contributed by atoms with van der Waals surface area (Å²) in [7, 11) is 0. The Hall–Kier alpha value is -1.98. The molecule has 0 amide bonds. The highest BCUT2D eigenvalue weighted by molar-refractivity contribution is 5.32. The molecule has 2 aliphatic carbocycles. The summed E-state index contributed by atoms with van der Waals surface area (Å²) in [6.07, 6.45) is 12.6. The van der Waals surface area contributed by atoms with Crippen molar-refractivity contribution in [2.75, 3.05) is 0 Å². The van der Waals surface area contributed by atoms with Gasteiger partial charge in [-0.3, -0.25) is 0 Å². The highest BCUT2D eigenvalue weighted by Crippen LogP contribution is 2.41. The normalized spacial score (nSPS) is 25.8.